The summed E-state index contributed by atoms with van der Waals surface area (Å²) < 4.78 is 2.14. The molecule has 0 bridgehead atoms. The van der Waals surface area contributed by atoms with Crippen molar-refractivity contribution in [2.24, 2.45) is 0 Å². The molecule has 5 heteroatoms. The van der Waals surface area contributed by atoms with E-state index in [1.807, 2.05) is 32.3 Å². The third-order valence-electron chi connectivity index (χ3n) is 3.07. The third kappa shape index (κ3) is 3.29. The van der Waals surface area contributed by atoms with Gasteiger partial charge in [0.15, 0.2) is 0 Å². The number of aromatic nitrogens is 2. The maximum Gasteiger partial charge on any atom is 0.315 e. The molecule has 2 N–H and O–H groups in total. The van der Waals surface area contributed by atoms with Crippen LogP contribution in [0.15, 0.2) is 24.5 Å². The SMILES string of the molecule is CC(C)NC(=O)NCc1ccc2c(c1)ncn2C(C)C. The quantitative estimate of drug-likeness (QED) is 0.900. The van der Waals surface area contributed by atoms with E-state index in [-0.39, 0.29) is 12.1 Å². The molecule has 2 aromatic rings. The van der Waals surface area contributed by atoms with Crippen LogP contribution in [0.5, 0.6) is 0 Å². The van der Waals surface area contributed by atoms with Crippen LogP contribution < -0.4 is 10.6 Å². The van der Waals surface area contributed by atoms with Crippen LogP contribution in [0.4, 0.5) is 4.79 Å². The summed E-state index contributed by atoms with van der Waals surface area (Å²) in [5.41, 5.74) is 3.13. The zero-order valence-corrected chi connectivity index (χ0v) is 12.5. The predicted molar refractivity (Wildman–Crippen MR) is 80.6 cm³/mol. The fourth-order valence-corrected chi connectivity index (χ4v) is 2.09. The van der Waals surface area contributed by atoms with E-state index in [0.717, 1.165) is 16.6 Å². The van der Waals surface area contributed by atoms with Gasteiger partial charge in [0.1, 0.15) is 0 Å². The van der Waals surface area contributed by atoms with E-state index in [4.69, 9.17) is 0 Å². The fraction of sp³-hybridized carbons (Fsp3) is 0.467. The van der Waals surface area contributed by atoms with Crippen molar-refractivity contribution in [3.05, 3.63) is 30.1 Å². The van der Waals surface area contributed by atoms with E-state index in [1.54, 1.807) is 0 Å². The second-order valence-electron chi connectivity index (χ2n) is 5.55. The average molecular weight is 274 g/mol. The molecule has 0 radical (unpaired) electrons. The van der Waals surface area contributed by atoms with E-state index in [0.29, 0.717) is 12.6 Å². The number of rotatable bonds is 4. The number of hydrogen-bond donors (Lipinski definition) is 2. The molecule has 108 valence electrons. The summed E-state index contributed by atoms with van der Waals surface area (Å²) >= 11 is 0. The van der Waals surface area contributed by atoms with Crippen molar-refractivity contribution in [3.8, 4) is 0 Å². The molecule has 5 nitrogen and oxygen atoms in total. The molecule has 1 aromatic carbocycles. The molecule has 0 saturated carbocycles. The van der Waals surface area contributed by atoms with Crippen LogP contribution in [0.2, 0.25) is 0 Å². The van der Waals surface area contributed by atoms with Crippen LogP contribution in [-0.2, 0) is 6.54 Å². The van der Waals surface area contributed by atoms with Crippen molar-refractivity contribution in [2.45, 2.75) is 46.3 Å². The van der Waals surface area contributed by atoms with Crippen molar-refractivity contribution in [2.75, 3.05) is 0 Å². The first kappa shape index (κ1) is 14.4. The molecule has 0 aliphatic carbocycles. The molecular formula is C15H22N4O. The molecule has 1 heterocycles. The molecule has 0 fully saturated rings. The zero-order chi connectivity index (χ0) is 14.7. The van der Waals surface area contributed by atoms with Gasteiger partial charge in [0.05, 0.1) is 17.4 Å². The highest BCUT2D eigenvalue weighted by atomic mass is 16.2. The summed E-state index contributed by atoms with van der Waals surface area (Å²) in [7, 11) is 0. The topological polar surface area (TPSA) is 59.0 Å². The van der Waals surface area contributed by atoms with Gasteiger partial charge in [0, 0.05) is 18.6 Å². The van der Waals surface area contributed by atoms with E-state index in [1.165, 1.54) is 0 Å². The number of carbonyl (C=O) groups excluding carboxylic acids is 1. The first-order chi connectivity index (χ1) is 9.47. The molecule has 0 atom stereocenters. The summed E-state index contributed by atoms with van der Waals surface area (Å²) in [4.78, 5) is 16.0. The van der Waals surface area contributed by atoms with Gasteiger partial charge in [-0.05, 0) is 45.4 Å². The number of nitrogens with zero attached hydrogens (tertiary/aromatic N) is 2. The molecule has 0 spiro atoms. The van der Waals surface area contributed by atoms with Crippen LogP contribution >= 0.6 is 0 Å². The van der Waals surface area contributed by atoms with Crippen LogP contribution in [0.25, 0.3) is 11.0 Å². The average Bonchev–Trinajstić information content (AvgIpc) is 2.78. The molecule has 0 aliphatic heterocycles. The molecule has 2 rings (SSSR count). The first-order valence-corrected chi connectivity index (χ1v) is 6.97. The van der Waals surface area contributed by atoms with Crippen molar-refractivity contribution < 1.29 is 4.79 Å². The van der Waals surface area contributed by atoms with Crippen LogP contribution in [0.1, 0.15) is 39.3 Å². The minimum atomic E-state index is -0.146. The third-order valence-corrected chi connectivity index (χ3v) is 3.07. The Kier molecular flexibility index (Phi) is 4.27. The lowest BCUT2D eigenvalue weighted by Crippen LogP contribution is -2.39. The van der Waals surface area contributed by atoms with Gasteiger partial charge in [0.25, 0.3) is 0 Å². The van der Waals surface area contributed by atoms with Gasteiger partial charge in [0.2, 0.25) is 0 Å². The van der Waals surface area contributed by atoms with Crippen molar-refractivity contribution in [3.63, 3.8) is 0 Å². The summed E-state index contributed by atoms with van der Waals surface area (Å²) in [5, 5.41) is 5.64. The van der Waals surface area contributed by atoms with E-state index in [9.17, 15) is 4.79 Å². The lowest BCUT2D eigenvalue weighted by Gasteiger charge is -2.11. The predicted octanol–water partition coefficient (Wildman–Crippen LogP) is 2.82. The Morgan fingerprint density at radius 2 is 2.05 bits per heavy atom. The second-order valence-corrected chi connectivity index (χ2v) is 5.55. The van der Waals surface area contributed by atoms with E-state index < -0.39 is 0 Å². The Hall–Kier alpha value is -2.04. The van der Waals surface area contributed by atoms with Crippen molar-refractivity contribution in [1.82, 2.24) is 20.2 Å². The van der Waals surface area contributed by atoms with Gasteiger partial charge in [-0.2, -0.15) is 0 Å². The van der Waals surface area contributed by atoms with Crippen molar-refractivity contribution >= 4 is 17.1 Å². The standard InChI is InChI=1S/C15H22N4O/c1-10(2)18-15(20)16-8-12-5-6-14-13(7-12)17-9-19(14)11(3)4/h5-7,9-11H,8H2,1-4H3,(H2,16,18,20). The van der Waals surface area contributed by atoms with Gasteiger partial charge in [-0.1, -0.05) is 6.07 Å². The normalized spacial score (nSPS) is 11.3. The van der Waals surface area contributed by atoms with Gasteiger partial charge < -0.3 is 15.2 Å². The monoisotopic (exact) mass is 274 g/mol. The molecular weight excluding hydrogens is 252 g/mol. The summed E-state index contributed by atoms with van der Waals surface area (Å²) in [5.74, 6) is 0. The summed E-state index contributed by atoms with van der Waals surface area (Å²) in [6.45, 7) is 8.64. The van der Waals surface area contributed by atoms with Gasteiger partial charge in [-0.15, -0.1) is 0 Å². The number of benzene rings is 1. The van der Waals surface area contributed by atoms with Gasteiger partial charge in [-0.25, -0.2) is 9.78 Å². The molecule has 0 saturated heterocycles. The highest BCUT2D eigenvalue weighted by Gasteiger charge is 2.07. The van der Waals surface area contributed by atoms with Gasteiger partial charge >= 0.3 is 6.03 Å². The number of nitrogens with one attached hydrogen (secondary N) is 2. The number of urea groups is 1. The summed E-state index contributed by atoms with van der Waals surface area (Å²) in [6, 6.07) is 6.48. The van der Waals surface area contributed by atoms with Crippen LogP contribution in [0.3, 0.4) is 0 Å². The Morgan fingerprint density at radius 1 is 1.30 bits per heavy atom. The van der Waals surface area contributed by atoms with Crippen molar-refractivity contribution in [1.29, 1.82) is 0 Å². The summed E-state index contributed by atoms with van der Waals surface area (Å²) in [6.07, 6.45) is 1.86. The largest absolute Gasteiger partial charge is 0.336 e. The van der Waals surface area contributed by atoms with E-state index >= 15 is 0 Å². The Bertz CT molecular complexity index is 601. The smallest absolute Gasteiger partial charge is 0.315 e. The Morgan fingerprint density at radius 3 is 2.70 bits per heavy atom. The maximum atomic E-state index is 11.5. The number of carbonyl (C=O) groups is 1. The Labute approximate surface area is 119 Å². The highest BCUT2D eigenvalue weighted by Crippen LogP contribution is 2.18. The minimum absolute atomic E-state index is 0.138. The lowest BCUT2D eigenvalue weighted by atomic mass is 10.2. The number of hydrogen-bond acceptors (Lipinski definition) is 2. The number of fused-ring (bicyclic) bond motifs is 1. The fourth-order valence-electron chi connectivity index (χ4n) is 2.09. The Balaban J connectivity index is 2.07. The zero-order valence-electron chi connectivity index (χ0n) is 12.5. The molecule has 0 unspecified atom stereocenters. The molecule has 1 aromatic heterocycles. The van der Waals surface area contributed by atoms with Crippen LogP contribution in [-0.4, -0.2) is 21.6 Å². The highest BCUT2D eigenvalue weighted by molar-refractivity contribution is 5.77. The number of amides is 2. The second kappa shape index (κ2) is 5.94. The minimum Gasteiger partial charge on any atom is -0.336 e. The number of imidazole rings is 1. The van der Waals surface area contributed by atoms with Crippen LogP contribution in [0, 0.1) is 0 Å². The lowest BCUT2D eigenvalue weighted by molar-refractivity contribution is 0.238. The first-order valence-electron chi connectivity index (χ1n) is 6.97. The molecule has 2 amide bonds. The van der Waals surface area contributed by atoms with E-state index in [2.05, 4.69) is 40.1 Å². The molecule has 20 heavy (non-hydrogen) atoms. The maximum absolute atomic E-state index is 11.5. The molecule has 0 aliphatic rings. The van der Waals surface area contributed by atoms with Gasteiger partial charge in [-0.3, -0.25) is 0 Å².